The van der Waals surface area contributed by atoms with Crippen LogP contribution < -0.4 is 10.1 Å². The molecule has 0 unspecified atom stereocenters. The molecule has 3 aromatic rings. The number of hydrogen-bond acceptors (Lipinski definition) is 3. The summed E-state index contributed by atoms with van der Waals surface area (Å²) in [6, 6.07) is 14.9. The molecule has 1 aliphatic heterocycles. The summed E-state index contributed by atoms with van der Waals surface area (Å²) in [6.07, 6.45) is 6.28. The fourth-order valence-corrected chi connectivity index (χ4v) is 3.46. The first-order chi connectivity index (χ1) is 11.8. The van der Waals surface area contributed by atoms with Gasteiger partial charge in [-0.1, -0.05) is 24.3 Å². The average Bonchev–Trinajstić information content (AvgIpc) is 2.64. The van der Waals surface area contributed by atoms with Crippen molar-refractivity contribution < 1.29 is 4.74 Å². The van der Waals surface area contributed by atoms with E-state index >= 15 is 0 Å². The summed E-state index contributed by atoms with van der Waals surface area (Å²) >= 11 is 0. The van der Waals surface area contributed by atoms with Gasteiger partial charge in [-0.05, 0) is 73.1 Å². The molecule has 1 aliphatic rings. The zero-order valence-electron chi connectivity index (χ0n) is 14.0. The molecule has 0 bridgehead atoms. The molecule has 1 fully saturated rings. The number of nitrogens with zero attached hydrogens (tertiary/aromatic N) is 1. The Bertz CT molecular complexity index is 836. The first kappa shape index (κ1) is 15.2. The molecule has 2 aromatic carbocycles. The predicted molar refractivity (Wildman–Crippen MR) is 98.4 cm³/mol. The number of piperidine rings is 1. The van der Waals surface area contributed by atoms with Crippen LogP contribution in [0, 0.1) is 6.92 Å². The predicted octanol–water partition coefficient (Wildman–Crippen LogP) is 4.34. The number of aryl methyl sites for hydroxylation is 1. The fraction of sp³-hybridized carbons (Fsp3) is 0.286. The summed E-state index contributed by atoms with van der Waals surface area (Å²) < 4.78 is 6.10. The molecule has 1 saturated heterocycles. The van der Waals surface area contributed by atoms with E-state index in [9.17, 15) is 0 Å². The smallest absolute Gasteiger partial charge is 0.119 e. The second-order valence-electron chi connectivity index (χ2n) is 6.43. The molecule has 3 heteroatoms. The van der Waals surface area contributed by atoms with Crippen LogP contribution in [0.5, 0.6) is 5.75 Å². The number of ether oxygens (including phenoxy) is 1. The highest BCUT2D eigenvalue weighted by atomic mass is 16.5. The molecule has 24 heavy (non-hydrogen) atoms. The van der Waals surface area contributed by atoms with Crippen LogP contribution in [0.1, 0.15) is 18.4 Å². The van der Waals surface area contributed by atoms with Crippen LogP contribution in [0.3, 0.4) is 0 Å². The number of aromatic nitrogens is 1. The molecular formula is C21H22N2O. The van der Waals surface area contributed by atoms with Crippen molar-refractivity contribution in [2.24, 2.45) is 0 Å². The van der Waals surface area contributed by atoms with Crippen molar-refractivity contribution in [2.75, 3.05) is 13.1 Å². The minimum atomic E-state index is 0.340. The van der Waals surface area contributed by atoms with Gasteiger partial charge in [0.15, 0.2) is 0 Å². The first-order valence-electron chi connectivity index (χ1n) is 8.62. The van der Waals surface area contributed by atoms with Gasteiger partial charge in [-0.25, -0.2) is 0 Å². The minimum absolute atomic E-state index is 0.340. The van der Waals surface area contributed by atoms with E-state index in [1.54, 1.807) is 0 Å². The largest absolute Gasteiger partial charge is 0.490 e. The monoisotopic (exact) mass is 318 g/mol. The lowest BCUT2D eigenvalue weighted by molar-refractivity contribution is 0.162. The standard InChI is InChI=1S/C21H22N2O/c1-15-20(7-4-17-14-23-13-10-21(15)17)16-2-5-18(6-3-16)24-19-8-11-22-12-9-19/h2-7,10,13-14,19,22H,8-9,11-12H2,1H3. The maximum absolute atomic E-state index is 6.10. The molecule has 2 heterocycles. The van der Waals surface area contributed by atoms with Gasteiger partial charge in [0.1, 0.15) is 11.9 Å². The number of rotatable bonds is 3. The third-order valence-corrected chi connectivity index (χ3v) is 4.84. The zero-order valence-corrected chi connectivity index (χ0v) is 14.0. The summed E-state index contributed by atoms with van der Waals surface area (Å²) in [5.41, 5.74) is 3.79. The van der Waals surface area contributed by atoms with Crippen LogP contribution in [0.25, 0.3) is 21.9 Å². The van der Waals surface area contributed by atoms with Crippen LogP contribution in [-0.4, -0.2) is 24.2 Å². The maximum atomic E-state index is 6.10. The number of nitrogens with one attached hydrogen (secondary N) is 1. The van der Waals surface area contributed by atoms with Gasteiger partial charge in [-0.15, -0.1) is 0 Å². The van der Waals surface area contributed by atoms with E-state index in [2.05, 4.69) is 59.7 Å². The lowest BCUT2D eigenvalue weighted by Crippen LogP contribution is -2.34. The van der Waals surface area contributed by atoms with Gasteiger partial charge in [-0.3, -0.25) is 4.98 Å². The van der Waals surface area contributed by atoms with Gasteiger partial charge < -0.3 is 10.1 Å². The van der Waals surface area contributed by atoms with Crippen molar-refractivity contribution in [1.29, 1.82) is 0 Å². The number of pyridine rings is 1. The molecule has 0 saturated carbocycles. The molecule has 4 rings (SSSR count). The molecule has 0 spiro atoms. The Balaban J connectivity index is 1.59. The highest BCUT2D eigenvalue weighted by molar-refractivity contribution is 5.90. The zero-order chi connectivity index (χ0) is 16.4. The van der Waals surface area contributed by atoms with Crippen molar-refractivity contribution in [3.8, 4) is 16.9 Å². The number of benzene rings is 2. The SMILES string of the molecule is Cc1c(-c2ccc(OC3CCNCC3)cc2)ccc2cnccc12. The van der Waals surface area contributed by atoms with Gasteiger partial charge in [0.25, 0.3) is 0 Å². The molecule has 122 valence electrons. The van der Waals surface area contributed by atoms with Gasteiger partial charge in [0, 0.05) is 17.8 Å². The summed E-state index contributed by atoms with van der Waals surface area (Å²) in [7, 11) is 0. The third kappa shape index (κ3) is 3.00. The van der Waals surface area contributed by atoms with E-state index in [0.717, 1.165) is 31.7 Å². The highest BCUT2D eigenvalue weighted by Crippen LogP contribution is 2.30. The molecule has 0 radical (unpaired) electrons. The van der Waals surface area contributed by atoms with E-state index in [-0.39, 0.29) is 0 Å². The topological polar surface area (TPSA) is 34.1 Å². The van der Waals surface area contributed by atoms with Gasteiger partial charge in [0.05, 0.1) is 0 Å². The van der Waals surface area contributed by atoms with Crippen LogP contribution in [-0.2, 0) is 0 Å². The number of hydrogen-bond donors (Lipinski definition) is 1. The Labute approximate surface area is 142 Å². The summed E-state index contributed by atoms with van der Waals surface area (Å²) in [5, 5.41) is 5.81. The Morgan fingerprint density at radius 1 is 1.00 bits per heavy atom. The van der Waals surface area contributed by atoms with E-state index < -0.39 is 0 Å². The molecular weight excluding hydrogens is 296 g/mol. The van der Waals surface area contributed by atoms with Crippen LogP contribution in [0.2, 0.25) is 0 Å². The molecule has 3 nitrogen and oxygen atoms in total. The summed E-state index contributed by atoms with van der Waals surface area (Å²) in [6.45, 7) is 4.28. The Morgan fingerprint density at radius 2 is 1.79 bits per heavy atom. The third-order valence-electron chi connectivity index (χ3n) is 4.84. The summed E-state index contributed by atoms with van der Waals surface area (Å²) in [5.74, 6) is 0.966. The molecule has 1 aromatic heterocycles. The van der Waals surface area contributed by atoms with Gasteiger partial charge in [-0.2, -0.15) is 0 Å². The minimum Gasteiger partial charge on any atom is -0.490 e. The molecule has 0 atom stereocenters. The first-order valence-corrected chi connectivity index (χ1v) is 8.62. The van der Waals surface area contributed by atoms with Crippen molar-refractivity contribution in [3.63, 3.8) is 0 Å². The second kappa shape index (κ2) is 6.62. The van der Waals surface area contributed by atoms with Gasteiger partial charge >= 0.3 is 0 Å². The summed E-state index contributed by atoms with van der Waals surface area (Å²) in [4.78, 5) is 4.20. The van der Waals surface area contributed by atoms with Crippen LogP contribution in [0.4, 0.5) is 0 Å². The number of fused-ring (bicyclic) bond motifs is 1. The second-order valence-corrected chi connectivity index (χ2v) is 6.43. The van der Waals surface area contributed by atoms with E-state index in [1.807, 2.05) is 12.4 Å². The average molecular weight is 318 g/mol. The van der Waals surface area contributed by atoms with Crippen LogP contribution >= 0.6 is 0 Å². The van der Waals surface area contributed by atoms with Crippen molar-refractivity contribution in [3.05, 3.63) is 60.4 Å². The van der Waals surface area contributed by atoms with E-state index in [1.165, 1.54) is 27.5 Å². The van der Waals surface area contributed by atoms with Crippen molar-refractivity contribution in [1.82, 2.24) is 10.3 Å². The van der Waals surface area contributed by atoms with E-state index in [4.69, 9.17) is 4.74 Å². The maximum Gasteiger partial charge on any atom is 0.119 e. The molecule has 1 N–H and O–H groups in total. The molecule has 0 aliphatic carbocycles. The lowest BCUT2D eigenvalue weighted by atomic mass is 9.96. The van der Waals surface area contributed by atoms with Crippen LogP contribution in [0.15, 0.2) is 54.9 Å². The van der Waals surface area contributed by atoms with Gasteiger partial charge in [0.2, 0.25) is 0 Å². The highest BCUT2D eigenvalue weighted by Gasteiger charge is 2.14. The Kier molecular flexibility index (Phi) is 4.18. The lowest BCUT2D eigenvalue weighted by Gasteiger charge is -2.24. The van der Waals surface area contributed by atoms with E-state index in [0.29, 0.717) is 6.10 Å². The molecule has 0 amide bonds. The normalized spacial score (nSPS) is 15.5. The Morgan fingerprint density at radius 3 is 2.58 bits per heavy atom. The quantitative estimate of drug-likeness (QED) is 0.780. The fourth-order valence-electron chi connectivity index (χ4n) is 3.46. The Hall–Kier alpha value is -2.39. The van der Waals surface area contributed by atoms with Crippen molar-refractivity contribution >= 4 is 10.8 Å². The van der Waals surface area contributed by atoms with Crippen molar-refractivity contribution in [2.45, 2.75) is 25.9 Å².